The molecule has 0 aromatic heterocycles. The number of nitrogens with one attached hydrogen (secondary N) is 2. The predicted octanol–water partition coefficient (Wildman–Crippen LogP) is 2.90. The van der Waals surface area contributed by atoms with Crippen LogP contribution in [0.1, 0.15) is 23.6 Å². The van der Waals surface area contributed by atoms with Crippen molar-refractivity contribution in [2.75, 3.05) is 31.1 Å². The smallest absolute Gasteiger partial charge is 0.241 e. The molecule has 2 fully saturated rings. The lowest BCUT2D eigenvalue weighted by atomic mass is 10.0. The van der Waals surface area contributed by atoms with Gasteiger partial charge >= 0.3 is 0 Å². The second-order valence-electron chi connectivity index (χ2n) is 7.28. The van der Waals surface area contributed by atoms with Gasteiger partial charge in [-0.25, -0.2) is 10.9 Å². The van der Waals surface area contributed by atoms with Crippen LogP contribution in [-0.4, -0.2) is 43.0 Å². The van der Waals surface area contributed by atoms with E-state index in [-0.39, 0.29) is 18.0 Å². The van der Waals surface area contributed by atoms with E-state index >= 15 is 0 Å². The van der Waals surface area contributed by atoms with Gasteiger partial charge in [0.1, 0.15) is 6.04 Å². The molecular weight excluding hydrogens is 360 g/mol. The van der Waals surface area contributed by atoms with Crippen molar-refractivity contribution in [3.63, 3.8) is 0 Å². The molecule has 1 amide bonds. The molecule has 2 aliphatic heterocycles. The van der Waals surface area contributed by atoms with E-state index in [1.807, 2.05) is 41.3 Å². The monoisotopic (exact) mass is 384 g/mol. The summed E-state index contributed by atoms with van der Waals surface area (Å²) in [6.07, 6.45) is 0.774. The summed E-state index contributed by atoms with van der Waals surface area (Å²) in [4.78, 5) is 17.2. The Bertz CT molecular complexity index is 805. The molecule has 0 bridgehead atoms. The minimum Gasteiger partial charge on any atom is -0.368 e. The predicted molar refractivity (Wildman–Crippen MR) is 109 cm³/mol. The fourth-order valence-corrected chi connectivity index (χ4v) is 4.10. The lowest BCUT2D eigenvalue weighted by molar-refractivity contribution is -0.133. The highest BCUT2D eigenvalue weighted by Crippen LogP contribution is 2.26. The highest BCUT2D eigenvalue weighted by atomic mass is 35.5. The molecule has 27 heavy (non-hydrogen) atoms. The average Bonchev–Trinajstić information content (AvgIpc) is 3.20. The number of aryl methyl sites for hydroxylation is 1. The van der Waals surface area contributed by atoms with E-state index in [2.05, 4.69) is 34.8 Å². The summed E-state index contributed by atoms with van der Waals surface area (Å²) in [5.74, 6) is 0.184. The van der Waals surface area contributed by atoms with E-state index in [1.54, 1.807) is 0 Å². The topological polar surface area (TPSA) is 47.6 Å². The number of hydrazine groups is 1. The Morgan fingerprint density at radius 3 is 2.52 bits per heavy atom. The maximum Gasteiger partial charge on any atom is 0.241 e. The van der Waals surface area contributed by atoms with E-state index in [4.69, 9.17) is 11.6 Å². The van der Waals surface area contributed by atoms with Gasteiger partial charge in [0.2, 0.25) is 5.91 Å². The van der Waals surface area contributed by atoms with Crippen molar-refractivity contribution in [3.05, 3.63) is 64.7 Å². The molecule has 142 valence electrons. The normalized spacial score (nSPS) is 22.9. The minimum atomic E-state index is -0.172. The molecule has 2 aromatic rings. The zero-order valence-electron chi connectivity index (χ0n) is 15.5. The number of amides is 1. The fraction of sp³-hybridized carbons (Fsp3) is 0.381. The van der Waals surface area contributed by atoms with Gasteiger partial charge < -0.3 is 9.80 Å². The molecule has 2 N–H and O–H groups in total. The van der Waals surface area contributed by atoms with Crippen molar-refractivity contribution in [2.45, 2.75) is 25.4 Å². The van der Waals surface area contributed by atoms with Gasteiger partial charge in [0.05, 0.1) is 0 Å². The van der Waals surface area contributed by atoms with Crippen molar-refractivity contribution in [1.82, 2.24) is 15.8 Å². The number of rotatable bonds is 3. The third-order valence-electron chi connectivity index (χ3n) is 5.51. The van der Waals surface area contributed by atoms with Crippen molar-refractivity contribution >= 4 is 23.2 Å². The highest BCUT2D eigenvalue weighted by molar-refractivity contribution is 6.30. The summed E-state index contributed by atoms with van der Waals surface area (Å²) in [6, 6.07) is 16.2. The Balaban J connectivity index is 1.34. The summed E-state index contributed by atoms with van der Waals surface area (Å²) in [5.41, 5.74) is 10.0. The van der Waals surface area contributed by atoms with E-state index < -0.39 is 0 Å². The van der Waals surface area contributed by atoms with Crippen LogP contribution in [0.5, 0.6) is 0 Å². The zero-order chi connectivity index (χ0) is 18.8. The quantitative estimate of drug-likeness (QED) is 0.854. The van der Waals surface area contributed by atoms with Crippen LogP contribution in [-0.2, 0) is 4.79 Å². The van der Waals surface area contributed by atoms with Crippen molar-refractivity contribution < 1.29 is 4.79 Å². The molecule has 4 rings (SSSR count). The molecule has 0 aliphatic carbocycles. The number of carbonyl (C=O) groups excluding carboxylic acids is 1. The SMILES string of the molecule is Cc1ccc(Cl)cc1N1CCN(C(=O)C2CC(c3ccccc3)NN2)CC1. The van der Waals surface area contributed by atoms with Crippen molar-refractivity contribution in [1.29, 1.82) is 0 Å². The molecular formula is C21H25ClN4O. The van der Waals surface area contributed by atoms with Crippen LogP contribution in [0.4, 0.5) is 5.69 Å². The molecule has 2 aromatic carbocycles. The molecule has 0 spiro atoms. The molecule has 6 heteroatoms. The molecule has 2 heterocycles. The van der Waals surface area contributed by atoms with Gasteiger partial charge in [0.25, 0.3) is 0 Å². The van der Waals surface area contributed by atoms with Crippen LogP contribution in [0.15, 0.2) is 48.5 Å². The second-order valence-corrected chi connectivity index (χ2v) is 7.72. The second kappa shape index (κ2) is 7.89. The highest BCUT2D eigenvalue weighted by Gasteiger charge is 2.34. The van der Waals surface area contributed by atoms with Crippen molar-refractivity contribution in [3.8, 4) is 0 Å². The van der Waals surface area contributed by atoms with Crippen LogP contribution in [0.2, 0.25) is 5.02 Å². The standard InChI is InChI=1S/C21H25ClN4O/c1-15-7-8-17(22)13-20(15)25-9-11-26(12-10-25)21(27)19-14-18(23-24-19)16-5-3-2-4-6-16/h2-8,13,18-19,23-24H,9-12,14H2,1H3. The molecule has 2 unspecified atom stereocenters. The molecule has 0 radical (unpaired) electrons. The lowest BCUT2D eigenvalue weighted by Crippen LogP contribution is -2.53. The molecule has 5 nitrogen and oxygen atoms in total. The van der Waals surface area contributed by atoms with Gasteiger partial charge in [-0.15, -0.1) is 0 Å². The Morgan fingerprint density at radius 2 is 1.78 bits per heavy atom. The fourth-order valence-electron chi connectivity index (χ4n) is 3.93. The number of benzene rings is 2. The molecule has 2 saturated heterocycles. The van der Waals surface area contributed by atoms with Crippen LogP contribution >= 0.6 is 11.6 Å². The largest absolute Gasteiger partial charge is 0.368 e. The van der Waals surface area contributed by atoms with E-state index in [9.17, 15) is 4.79 Å². The average molecular weight is 385 g/mol. The number of hydrogen-bond acceptors (Lipinski definition) is 4. The first kappa shape index (κ1) is 18.3. The van der Waals surface area contributed by atoms with Crippen LogP contribution in [0.25, 0.3) is 0 Å². The maximum atomic E-state index is 12.9. The maximum absolute atomic E-state index is 12.9. The Labute approximate surface area is 165 Å². The minimum absolute atomic E-state index is 0.172. The number of piperazine rings is 1. The first-order valence-electron chi connectivity index (χ1n) is 9.48. The molecule has 2 aliphatic rings. The number of halogens is 1. The van der Waals surface area contributed by atoms with E-state index in [0.29, 0.717) is 0 Å². The summed E-state index contributed by atoms with van der Waals surface area (Å²) in [7, 11) is 0. The van der Waals surface area contributed by atoms with E-state index in [1.165, 1.54) is 16.8 Å². The van der Waals surface area contributed by atoms with Gasteiger partial charge in [0.15, 0.2) is 0 Å². The third kappa shape index (κ3) is 3.95. The number of nitrogens with zero attached hydrogens (tertiary/aromatic N) is 2. The van der Waals surface area contributed by atoms with Crippen molar-refractivity contribution in [2.24, 2.45) is 0 Å². The van der Waals surface area contributed by atoms with Gasteiger partial charge in [-0.1, -0.05) is 48.0 Å². The first-order chi connectivity index (χ1) is 13.1. The van der Waals surface area contributed by atoms with Gasteiger partial charge in [-0.05, 0) is 36.6 Å². The third-order valence-corrected chi connectivity index (χ3v) is 5.74. The van der Waals surface area contributed by atoms with Gasteiger partial charge in [0, 0.05) is 42.9 Å². The van der Waals surface area contributed by atoms with Gasteiger partial charge in [-0.2, -0.15) is 0 Å². The Kier molecular flexibility index (Phi) is 5.34. The summed E-state index contributed by atoms with van der Waals surface area (Å²) >= 11 is 6.16. The van der Waals surface area contributed by atoms with Crippen LogP contribution < -0.4 is 15.8 Å². The van der Waals surface area contributed by atoms with Gasteiger partial charge in [-0.3, -0.25) is 4.79 Å². The molecule has 2 atom stereocenters. The lowest BCUT2D eigenvalue weighted by Gasteiger charge is -2.37. The van der Waals surface area contributed by atoms with E-state index in [0.717, 1.165) is 37.6 Å². The van der Waals surface area contributed by atoms with Crippen LogP contribution in [0.3, 0.4) is 0 Å². The number of carbonyl (C=O) groups is 1. The Hall–Kier alpha value is -2.08. The van der Waals surface area contributed by atoms with Crippen LogP contribution in [0, 0.1) is 6.92 Å². The summed E-state index contributed by atoms with van der Waals surface area (Å²) in [5, 5.41) is 0.752. The molecule has 0 saturated carbocycles. The Morgan fingerprint density at radius 1 is 1.04 bits per heavy atom. The number of hydrogen-bond donors (Lipinski definition) is 2. The zero-order valence-corrected chi connectivity index (χ0v) is 16.2. The summed E-state index contributed by atoms with van der Waals surface area (Å²) < 4.78 is 0. The first-order valence-corrected chi connectivity index (χ1v) is 9.85. The summed E-state index contributed by atoms with van der Waals surface area (Å²) in [6.45, 7) is 5.23. The number of anilines is 1.